The highest BCUT2D eigenvalue weighted by Crippen LogP contribution is 2.35. The molecular weight excluding hydrogens is 244 g/mol. The zero-order valence-electron chi connectivity index (χ0n) is 11.0. The molecule has 1 unspecified atom stereocenters. The van der Waals surface area contributed by atoms with Gasteiger partial charge < -0.3 is 18.9 Å². The quantitative estimate of drug-likeness (QED) is 0.767. The molecule has 1 aromatic carbocycles. The minimum atomic E-state index is -0.345. The summed E-state index contributed by atoms with van der Waals surface area (Å²) in [6, 6.07) is 9.91. The van der Waals surface area contributed by atoms with Gasteiger partial charge in [0.15, 0.2) is 12.6 Å². The Hall–Kier alpha value is -1.20. The Bertz CT molecular complexity index is 445. The fourth-order valence-electron chi connectivity index (χ4n) is 2.50. The Labute approximate surface area is 112 Å². The summed E-state index contributed by atoms with van der Waals surface area (Å²) in [7, 11) is 1.63. The van der Waals surface area contributed by atoms with Gasteiger partial charge in [0.1, 0.15) is 12.2 Å². The molecule has 102 valence electrons. The van der Waals surface area contributed by atoms with Crippen molar-refractivity contribution in [2.45, 2.75) is 31.2 Å². The molecule has 4 atom stereocenters. The van der Waals surface area contributed by atoms with Gasteiger partial charge in [-0.15, -0.1) is 0 Å². The molecule has 19 heavy (non-hydrogen) atoms. The summed E-state index contributed by atoms with van der Waals surface area (Å²) in [5.41, 5.74) is 2.02. The van der Waals surface area contributed by atoms with E-state index in [1.54, 1.807) is 7.11 Å². The summed E-state index contributed by atoms with van der Waals surface area (Å²) < 4.78 is 22.7. The molecule has 0 saturated carbocycles. The van der Waals surface area contributed by atoms with E-state index in [-0.39, 0.29) is 24.8 Å². The normalized spacial score (nSPS) is 34.9. The minimum Gasteiger partial charge on any atom is -0.356 e. The lowest BCUT2D eigenvalue weighted by Crippen LogP contribution is -2.49. The third kappa shape index (κ3) is 2.58. The summed E-state index contributed by atoms with van der Waals surface area (Å²) in [4.78, 5) is 0. The van der Waals surface area contributed by atoms with Gasteiger partial charge in [-0.05, 0) is 5.57 Å². The van der Waals surface area contributed by atoms with E-state index in [1.165, 1.54) is 0 Å². The summed E-state index contributed by atoms with van der Waals surface area (Å²) in [6.07, 6.45) is -0.174. The van der Waals surface area contributed by atoms with Gasteiger partial charge in [0.25, 0.3) is 0 Å². The van der Waals surface area contributed by atoms with E-state index in [1.807, 2.05) is 30.3 Å². The van der Waals surface area contributed by atoms with E-state index < -0.39 is 0 Å². The number of rotatable bonds is 2. The topological polar surface area (TPSA) is 36.9 Å². The first kappa shape index (κ1) is 12.8. The predicted molar refractivity (Wildman–Crippen MR) is 69.4 cm³/mol. The van der Waals surface area contributed by atoms with Crippen LogP contribution >= 0.6 is 0 Å². The lowest BCUT2D eigenvalue weighted by Gasteiger charge is -2.42. The molecule has 0 aromatic heterocycles. The van der Waals surface area contributed by atoms with Crippen molar-refractivity contribution >= 4 is 0 Å². The van der Waals surface area contributed by atoms with Crippen LogP contribution in [-0.4, -0.2) is 32.2 Å². The average molecular weight is 262 g/mol. The maximum absolute atomic E-state index is 5.98. The molecule has 0 N–H and O–H groups in total. The molecular formula is C15H18O4. The molecule has 0 amide bonds. The zero-order valence-corrected chi connectivity index (χ0v) is 11.0. The monoisotopic (exact) mass is 262 g/mol. The van der Waals surface area contributed by atoms with Gasteiger partial charge in [0.2, 0.25) is 0 Å². The Morgan fingerprint density at radius 3 is 2.74 bits per heavy atom. The molecule has 0 aliphatic carbocycles. The smallest absolute Gasteiger partial charge is 0.184 e. The largest absolute Gasteiger partial charge is 0.356 e. The SMILES string of the molecule is C=C1C[C@@H](OC)O[C@@H]2COC(c3ccccc3)O[C@@H]12. The summed E-state index contributed by atoms with van der Waals surface area (Å²) >= 11 is 0. The lowest BCUT2D eigenvalue weighted by atomic mass is 9.98. The molecule has 2 fully saturated rings. The van der Waals surface area contributed by atoms with Crippen LogP contribution in [-0.2, 0) is 18.9 Å². The molecule has 2 heterocycles. The molecule has 4 heteroatoms. The van der Waals surface area contributed by atoms with Crippen LogP contribution in [0.25, 0.3) is 0 Å². The number of hydrogen-bond acceptors (Lipinski definition) is 4. The molecule has 1 aromatic rings. The number of ether oxygens (including phenoxy) is 4. The third-order valence-electron chi connectivity index (χ3n) is 3.51. The van der Waals surface area contributed by atoms with Gasteiger partial charge in [0, 0.05) is 19.1 Å². The number of hydrogen-bond donors (Lipinski definition) is 0. The second-order valence-electron chi connectivity index (χ2n) is 4.83. The van der Waals surface area contributed by atoms with Gasteiger partial charge in [0.05, 0.1) is 6.61 Å². The summed E-state index contributed by atoms with van der Waals surface area (Å²) in [6.45, 7) is 4.57. The van der Waals surface area contributed by atoms with E-state index in [0.717, 1.165) is 11.1 Å². The molecule has 3 rings (SSSR count). The van der Waals surface area contributed by atoms with Crippen molar-refractivity contribution in [3.05, 3.63) is 48.0 Å². The Kier molecular flexibility index (Phi) is 3.66. The van der Waals surface area contributed by atoms with E-state index in [4.69, 9.17) is 18.9 Å². The van der Waals surface area contributed by atoms with Crippen LogP contribution in [0, 0.1) is 0 Å². The minimum absolute atomic E-state index is 0.120. The number of fused-ring (bicyclic) bond motifs is 1. The first-order valence-corrected chi connectivity index (χ1v) is 6.46. The highest BCUT2D eigenvalue weighted by atomic mass is 16.7. The van der Waals surface area contributed by atoms with Crippen molar-refractivity contribution in [3.63, 3.8) is 0 Å². The summed E-state index contributed by atoms with van der Waals surface area (Å²) in [5, 5.41) is 0. The first-order chi connectivity index (χ1) is 9.28. The molecule has 0 bridgehead atoms. The van der Waals surface area contributed by atoms with Gasteiger partial charge in [-0.25, -0.2) is 0 Å². The second kappa shape index (κ2) is 5.43. The molecule has 0 radical (unpaired) electrons. The van der Waals surface area contributed by atoms with E-state index in [0.29, 0.717) is 13.0 Å². The highest BCUT2D eigenvalue weighted by Gasteiger charge is 2.40. The highest BCUT2D eigenvalue weighted by molar-refractivity contribution is 5.18. The standard InChI is InChI=1S/C15H18O4/c1-10-8-13(16-2)18-12-9-17-15(19-14(10)12)11-6-4-3-5-7-11/h3-7,12-15H,1,8-9H2,2H3/t12-,13+,14+,15?/m1/s1. The maximum atomic E-state index is 5.98. The molecule has 2 saturated heterocycles. The van der Waals surface area contributed by atoms with Crippen molar-refractivity contribution in [2.75, 3.05) is 13.7 Å². The second-order valence-corrected chi connectivity index (χ2v) is 4.83. The molecule has 4 nitrogen and oxygen atoms in total. The van der Waals surface area contributed by atoms with Crippen LogP contribution < -0.4 is 0 Å². The van der Waals surface area contributed by atoms with Gasteiger partial charge in [-0.1, -0.05) is 36.9 Å². The van der Waals surface area contributed by atoms with Crippen molar-refractivity contribution in [2.24, 2.45) is 0 Å². The Balaban J connectivity index is 1.72. The third-order valence-corrected chi connectivity index (χ3v) is 3.51. The van der Waals surface area contributed by atoms with Crippen LogP contribution in [0.3, 0.4) is 0 Å². The van der Waals surface area contributed by atoms with E-state index in [2.05, 4.69) is 6.58 Å². The van der Waals surface area contributed by atoms with Crippen molar-refractivity contribution in [1.29, 1.82) is 0 Å². The first-order valence-electron chi connectivity index (χ1n) is 6.46. The predicted octanol–water partition coefficient (Wildman–Crippen LogP) is 2.42. The lowest BCUT2D eigenvalue weighted by molar-refractivity contribution is -0.298. The fourth-order valence-corrected chi connectivity index (χ4v) is 2.50. The van der Waals surface area contributed by atoms with Crippen LogP contribution in [0.5, 0.6) is 0 Å². The zero-order chi connectivity index (χ0) is 13.2. The van der Waals surface area contributed by atoms with Crippen LogP contribution in [0.1, 0.15) is 18.3 Å². The molecule has 0 spiro atoms. The average Bonchev–Trinajstić information content (AvgIpc) is 2.47. The van der Waals surface area contributed by atoms with Crippen molar-refractivity contribution in [1.82, 2.24) is 0 Å². The molecule has 2 aliphatic heterocycles. The van der Waals surface area contributed by atoms with Gasteiger partial charge in [-0.2, -0.15) is 0 Å². The van der Waals surface area contributed by atoms with Crippen LogP contribution in [0.15, 0.2) is 42.5 Å². The fraction of sp³-hybridized carbons (Fsp3) is 0.467. The number of methoxy groups -OCH3 is 1. The van der Waals surface area contributed by atoms with Gasteiger partial charge >= 0.3 is 0 Å². The molecule has 2 aliphatic rings. The van der Waals surface area contributed by atoms with Gasteiger partial charge in [-0.3, -0.25) is 0 Å². The van der Waals surface area contributed by atoms with Crippen LogP contribution in [0.2, 0.25) is 0 Å². The van der Waals surface area contributed by atoms with Crippen molar-refractivity contribution < 1.29 is 18.9 Å². The Morgan fingerprint density at radius 1 is 1.21 bits per heavy atom. The maximum Gasteiger partial charge on any atom is 0.184 e. The van der Waals surface area contributed by atoms with Crippen molar-refractivity contribution in [3.8, 4) is 0 Å². The van der Waals surface area contributed by atoms with E-state index in [9.17, 15) is 0 Å². The van der Waals surface area contributed by atoms with Crippen LogP contribution in [0.4, 0.5) is 0 Å². The summed E-state index contributed by atoms with van der Waals surface area (Å²) in [5.74, 6) is 0. The number of benzene rings is 1. The van der Waals surface area contributed by atoms with E-state index >= 15 is 0 Å². The Morgan fingerprint density at radius 2 is 2.00 bits per heavy atom.